The van der Waals surface area contributed by atoms with E-state index in [0.29, 0.717) is 32.0 Å². The van der Waals surface area contributed by atoms with Gasteiger partial charge in [-0.05, 0) is 17.2 Å². The summed E-state index contributed by atoms with van der Waals surface area (Å²) < 4.78 is 45.4. The van der Waals surface area contributed by atoms with E-state index in [9.17, 15) is 18.0 Å². The highest BCUT2D eigenvalue weighted by molar-refractivity contribution is 7.86. The molecule has 0 saturated heterocycles. The predicted octanol–water partition coefficient (Wildman–Crippen LogP) is 3.74. The van der Waals surface area contributed by atoms with Gasteiger partial charge in [-0.2, -0.15) is 8.42 Å². The number of fused-ring (bicyclic) bond motifs is 3. The van der Waals surface area contributed by atoms with Crippen molar-refractivity contribution in [1.29, 1.82) is 0 Å². The third-order valence-electron chi connectivity index (χ3n) is 5.30. The average molecular weight is 506 g/mol. The second-order valence-electron chi connectivity index (χ2n) is 7.70. The maximum Gasteiger partial charge on any atom is 0.414 e. The smallest absolute Gasteiger partial charge is 0.414 e. The fraction of sp³-hybridized carbons (Fsp3) is 0.304. The SMILES string of the molecule is COC(=O)c1cc2c3c(cc(OCc4ccccc4)c2s1)N(C(=O)OC)CC(OS(C)(=O)=O)C3. The number of anilines is 1. The summed E-state index contributed by atoms with van der Waals surface area (Å²) in [5.41, 5.74) is 2.10. The lowest BCUT2D eigenvalue weighted by molar-refractivity contribution is 0.0606. The first-order valence-corrected chi connectivity index (χ1v) is 12.9. The molecule has 9 nitrogen and oxygen atoms in total. The van der Waals surface area contributed by atoms with Crippen LogP contribution in [0.5, 0.6) is 5.75 Å². The highest BCUT2D eigenvalue weighted by Gasteiger charge is 2.34. The molecule has 11 heteroatoms. The molecule has 1 aliphatic rings. The van der Waals surface area contributed by atoms with Gasteiger partial charge in [0, 0.05) is 17.9 Å². The fourth-order valence-corrected chi connectivity index (χ4v) is 5.60. The van der Waals surface area contributed by atoms with Crippen LogP contribution >= 0.6 is 11.3 Å². The molecule has 1 atom stereocenters. The van der Waals surface area contributed by atoms with Crippen LogP contribution in [0.15, 0.2) is 42.5 Å². The van der Waals surface area contributed by atoms with E-state index in [4.69, 9.17) is 18.4 Å². The van der Waals surface area contributed by atoms with Crippen molar-refractivity contribution in [2.24, 2.45) is 0 Å². The van der Waals surface area contributed by atoms with Gasteiger partial charge in [-0.1, -0.05) is 30.3 Å². The summed E-state index contributed by atoms with van der Waals surface area (Å²) in [6.07, 6.45) is -0.314. The van der Waals surface area contributed by atoms with Crippen LogP contribution < -0.4 is 9.64 Å². The summed E-state index contributed by atoms with van der Waals surface area (Å²) in [4.78, 5) is 26.6. The van der Waals surface area contributed by atoms with Crippen molar-refractivity contribution in [3.05, 3.63) is 58.5 Å². The fourth-order valence-electron chi connectivity index (χ4n) is 3.90. The number of carbonyl (C=O) groups is 2. The summed E-state index contributed by atoms with van der Waals surface area (Å²) in [5.74, 6) is -0.0253. The van der Waals surface area contributed by atoms with Gasteiger partial charge in [-0.25, -0.2) is 9.59 Å². The third-order valence-corrected chi connectivity index (χ3v) is 7.05. The van der Waals surface area contributed by atoms with E-state index in [1.54, 1.807) is 12.1 Å². The quantitative estimate of drug-likeness (QED) is 0.368. The first-order valence-electron chi connectivity index (χ1n) is 10.3. The zero-order valence-corrected chi connectivity index (χ0v) is 20.4. The molecule has 0 spiro atoms. The molecule has 4 rings (SSSR count). The van der Waals surface area contributed by atoms with Crippen molar-refractivity contribution in [1.82, 2.24) is 0 Å². The van der Waals surface area contributed by atoms with Crippen molar-refractivity contribution >= 4 is 49.3 Å². The Hall–Kier alpha value is -3.15. The van der Waals surface area contributed by atoms with Crippen LogP contribution in [0.4, 0.5) is 10.5 Å². The maximum atomic E-state index is 12.6. The molecule has 0 radical (unpaired) electrons. The minimum absolute atomic E-state index is 0.0234. The molecule has 0 bridgehead atoms. The Kier molecular flexibility index (Phi) is 6.78. The molecule has 1 aliphatic heterocycles. The lowest BCUT2D eigenvalue weighted by atomic mass is 9.96. The summed E-state index contributed by atoms with van der Waals surface area (Å²) in [5, 5.41) is 0.654. The van der Waals surface area contributed by atoms with Crippen LogP contribution in [0.3, 0.4) is 0 Å². The lowest BCUT2D eigenvalue weighted by Gasteiger charge is -2.33. The molecular weight excluding hydrogens is 482 g/mol. The number of amides is 1. The third kappa shape index (κ3) is 5.01. The standard InChI is InChI=1S/C23H23NO8S2/c1-29-22(25)20-10-17-16-9-15(32-34(3,27)28)12-24(23(26)30-2)18(16)11-19(21(17)33-20)31-13-14-7-5-4-6-8-14/h4-8,10-11,15H,9,12-13H2,1-3H3. The van der Waals surface area contributed by atoms with Gasteiger partial charge in [-0.3, -0.25) is 9.08 Å². The Balaban J connectivity index is 1.85. The molecule has 180 valence electrons. The first-order chi connectivity index (χ1) is 16.2. The molecule has 34 heavy (non-hydrogen) atoms. The maximum absolute atomic E-state index is 12.6. The van der Waals surface area contributed by atoms with E-state index in [0.717, 1.165) is 11.8 Å². The highest BCUT2D eigenvalue weighted by Crippen LogP contribution is 2.44. The largest absolute Gasteiger partial charge is 0.487 e. The number of hydrogen-bond donors (Lipinski definition) is 0. The number of carbonyl (C=O) groups excluding carboxylic acids is 2. The van der Waals surface area contributed by atoms with E-state index >= 15 is 0 Å². The van der Waals surface area contributed by atoms with Gasteiger partial charge in [-0.15, -0.1) is 11.3 Å². The number of rotatable bonds is 6. The number of nitrogens with zero attached hydrogens (tertiary/aromatic N) is 1. The van der Waals surface area contributed by atoms with E-state index in [1.807, 2.05) is 30.3 Å². The number of esters is 1. The van der Waals surface area contributed by atoms with Gasteiger partial charge in [0.25, 0.3) is 10.1 Å². The van der Waals surface area contributed by atoms with E-state index in [-0.39, 0.29) is 19.6 Å². The Morgan fingerprint density at radius 1 is 1.12 bits per heavy atom. The highest BCUT2D eigenvalue weighted by atomic mass is 32.2. The molecule has 3 aromatic rings. The van der Waals surface area contributed by atoms with Crippen molar-refractivity contribution in [2.75, 3.05) is 31.9 Å². The van der Waals surface area contributed by atoms with Gasteiger partial charge >= 0.3 is 12.1 Å². The van der Waals surface area contributed by atoms with Crippen LogP contribution in [0.1, 0.15) is 20.8 Å². The minimum atomic E-state index is -3.77. The second kappa shape index (κ2) is 9.61. The molecule has 0 fully saturated rings. The van der Waals surface area contributed by atoms with E-state index < -0.39 is 28.3 Å². The van der Waals surface area contributed by atoms with Crippen LogP contribution in [0.25, 0.3) is 10.1 Å². The number of ether oxygens (including phenoxy) is 3. The molecular formula is C23H23NO8S2. The van der Waals surface area contributed by atoms with Crippen LogP contribution in [0, 0.1) is 0 Å². The number of methoxy groups -OCH3 is 2. The van der Waals surface area contributed by atoms with Crippen molar-refractivity contribution in [3.63, 3.8) is 0 Å². The van der Waals surface area contributed by atoms with Gasteiger partial charge in [0.1, 0.15) is 17.2 Å². The van der Waals surface area contributed by atoms with Crippen LogP contribution in [-0.2, 0) is 36.8 Å². The summed E-state index contributed by atoms with van der Waals surface area (Å²) in [6.45, 7) is 0.253. The van der Waals surface area contributed by atoms with Crippen molar-refractivity contribution in [3.8, 4) is 5.75 Å². The topological polar surface area (TPSA) is 108 Å². The first kappa shape index (κ1) is 24.0. The molecule has 0 saturated carbocycles. The summed E-state index contributed by atoms with van der Waals surface area (Å²) >= 11 is 1.20. The second-order valence-corrected chi connectivity index (χ2v) is 10.4. The van der Waals surface area contributed by atoms with Crippen molar-refractivity contribution < 1.29 is 36.4 Å². The van der Waals surface area contributed by atoms with Gasteiger partial charge in [0.05, 0.1) is 43.5 Å². The summed E-state index contributed by atoms with van der Waals surface area (Å²) in [7, 11) is -1.23. The molecule has 1 aromatic heterocycles. The average Bonchev–Trinajstić information content (AvgIpc) is 3.27. The number of hydrogen-bond acceptors (Lipinski definition) is 9. The van der Waals surface area contributed by atoms with E-state index in [1.165, 1.54) is 30.5 Å². The zero-order chi connectivity index (χ0) is 24.5. The molecule has 0 N–H and O–H groups in total. The minimum Gasteiger partial charge on any atom is -0.487 e. The van der Waals surface area contributed by atoms with E-state index in [2.05, 4.69) is 0 Å². The molecule has 1 unspecified atom stereocenters. The Labute approximate surface area is 200 Å². The molecule has 2 aromatic carbocycles. The van der Waals surface area contributed by atoms with Crippen molar-refractivity contribution in [2.45, 2.75) is 19.1 Å². The zero-order valence-electron chi connectivity index (χ0n) is 18.8. The Bertz CT molecular complexity index is 1330. The Morgan fingerprint density at radius 3 is 2.50 bits per heavy atom. The molecule has 2 heterocycles. The van der Waals surface area contributed by atoms with Gasteiger partial charge in [0.15, 0.2) is 0 Å². The van der Waals surface area contributed by atoms with Gasteiger partial charge in [0.2, 0.25) is 0 Å². The molecule has 1 amide bonds. The van der Waals surface area contributed by atoms with Gasteiger partial charge < -0.3 is 14.2 Å². The lowest BCUT2D eigenvalue weighted by Crippen LogP contribution is -2.44. The van der Waals surface area contributed by atoms with Crippen LogP contribution in [-0.4, -0.2) is 53.6 Å². The normalized spacial score (nSPS) is 15.6. The van der Waals surface area contributed by atoms with Crippen LogP contribution in [0.2, 0.25) is 0 Å². The predicted molar refractivity (Wildman–Crippen MR) is 127 cm³/mol. The Morgan fingerprint density at radius 2 is 1.85 bits per heavy atom. The summed E-state index contributed by atoms with van der Waals surface area (Å²) in [6, 6.07) is 13.0. The molecule has 0 aliphatic carbocycles. The number of benzene rings is 2. The number of thiophene rings is 1. The monoisotopic (exact) mass is 505 g/mol.